The molecule has 0 fully saturated rings. The Labute approximate surface area is 273 Å². The van der Waals surface area contributed by atoms with Crippen LogP contribution in [0.3, 0.4) is 0 Å². The van der Waals surface area contributed by atoms with E-state index in [4.69, 9.17) is 4.42 Å². The van der Waals surface area contributed by atoms with Crippen LogP contribution in [0.1, 0.15) is 25.0 Å². The molecule has 0 unspecified atom stereocenters. The van der Waals surface area contributed by atoms with Crippen molar-refractivity contribution < 1.29 is 4.42 Å². The first kappa shape index (κ1) is 26.4. The molecule has 1 heterocycles. The number of para-hydroxylation sites is 1. The molecule has 1 aliphatic rings. The molecular formula is C45H31NO. The molecule has 9 aromatic rings. The normalized spacial score (nSPS) is 13.5. The van der Waals surface area contributed by atoms with Crippen LogP contribution in [0, 0.1) is 0 Å². The molecule has 0 aliphatic heterocycles. The van der Waals surface area contributed by atoms with E-state index < -0.39 is 0 Å². The summed E-state index contributed by atoms with van der Waals surface area (Å²) in [6.07, 6.45) is 0. The Morgan fingerprint density at radius 2 is 1.13 bits per heavy atom. The smallest absolute Gasteiger partial charge is 0.136 e. The molecule has 1 aromatic heterocycles. The number of rotatable bonds is 3. The van der Waals surface area contributed by atoms with Gasteiger partial charge in [-0.2, -0.15) is 0 Å². The van der Waals surface area contributed by atoms with Crippen LogP contribution in [0.5, 0.6) is 0 Å². The monoisotopic (exact) mass is 601 g/mol. The Balaban J connectivity index is 1.21. The fourth-order valence-corrected chi connectivity index (χ4v) is 8.09. The maximum Gasteiger partial charge on any atom is 0.136 e. The predicted octanol–water partition coefficient (Wildman–Crippen LogP) is 12.8. The number of anilines is 3. The minimum atomic E-state index is -0.0372. The third kappa shape index (κ3) is 3.79. The second-order valence-corrected chi connectivity index (χ2v) is 13.4. The Kier molecular flexibility index (Phi) is 5.37. The fraction of sp³-hybridized carbons (Fsp3) is 0.0667. The summed E-state index contributed by atoms with van der Waals surface area (Å²) in [6.45, 7) is 4.68. The topological polar surface area (TPSA) is 16.4 Å². The van der Waals surface area contributed by atoms with Crippen LogP contribution in [-0.4, -0.2) is 0 Å². The zero-order valence-electron chi connectivity index (χ0n) is 26.3. The minimum absolute atomic E-state index is 0.0372. The lowest BCUT2D eigenvalue weighted by Crippen LogP contribution is -2.15. The highest BCUT2D eigenvalue weighted by atomic mass is 16.3. The van der Waals surface area contributed by atoms with Crippen LogP contribution in [-0.2, 0) is 5.41 Å². The molecule has 0 N–H and O–H groups in total. The molecule has 222 valence electrons. The largest absolute Gasteiger partial charge is 0.456 e. The lowest BCUT2D eigenvalue weighted by Gasteiger charge is -2.28. The van der Waals surface area contributed by atoms with Gasteiger partial charge >= 0.3 is 0 Å². The molecule has 10 rings (SSSR count). The zero-order valence-corrected chi connectivity index (χ0v) is 26.3. The number of nitrogens with zero attached hydrogens (tertiary/aromatic N) is 1. The Bertz CT molecular complexity index is 2720. The van der Waals surface area contributed by atoms with Gasteiger partial charge in [0.05, 0.1) is 5.69 Å². The van der Waals surface area contributed by atoms with Crippen LogP contribution >= 0.6 is 0 Å². The highest BCUT2D eigenvalue weighted by Crippen LogP contribution is 2.51. The summed E-state index contributed by atoms with van der Waals surface area (Å²) in [6, 6.07) is 55.4. The maximum atomic E-state index is 6.22. The van der Waals surface area contributed by atoms with E-state index in [-0.39, 0.29) is 5.41 Å². The zero-order chi connectivity index (χ0) is 31.3. The minimum Gasteiger partial charge on any atom is -0.456 e. The lowest BCUT2D eigenvalue weighted by molar-refractivity contribution is 0.660. The van der Waals surface area contributed by atoms with Crippen LogP contribution < -0.4 is 4.90 Å². The summed E-state index contributed by atoms with van der Waals surface area (Å²) in [5.41, 5.74) is 10.7. The van der Waals surface area contributed by atoms with E-state index in [9.17, 15) is 0 Å². The summed E-state index contributed by atoms with van der Waals surface area (Å²) >= 11 is 0. The van der Waals surface area contributed by atoms with Gasteiger partial charge in [0.25, 0.3) is 0 Å². The van der Waals surface area contributed by atoms with E-state index in [0.717, 1.165) is 33.3 Å². The third-order valence-corrected chi connectivity index (χ3v) is 10.4. The molecule has 0 saturated carbocycles. The molecule has 0 spiro atoms. The van der Waals surface area contributed by atoms with Crippen LogP contribution in [0.25, 0.3) is 65.4 Å². The first-order valence-corrected chi connectivity index (χ1v) is 16.3. The van der Waals surface area contributed by atoms with Gasteiger partial charge in [-0.05, 0) is 97.7 Å². The highest BCUT2D eigenvalue weighted by molar-refractivity contribution is 6.17. The first-order valence-electron chi connectivity index (χ1n) is 16.3. The van der Waals surface area contributed by atoms with Gasteiger partial charge in [-0.25, -0.2) is 0 Å². The number of furan rings is 1. The summed E-state index contributed by atoms with van der Waals surface area (Å²) in [4.78, 5) is 2.44. The lowest BCUT2D eigenvalue weighted by atomic mass is 9.82. The second-order valence-electron chi connectivity index (χ2n) is 13.4. The van der Waals surface area contributed by atoms with Crippen molar-refractivity contribution in [3.63, 3.8) is 0 Å². The molecule has 0 atom stereocenters. The van der Waals surface area contributed by atoms with Crippen molar-refractivity contribution in [3.05, 3.63) is 163 Å². The van der Waals surface area contributed by atoms with Crippen molar-refractivity contribution in [1.29, 1.82) is 0 Å². The van der Waals surface area contributed by atoms with Crippen molar-refractivity contribution in [2.24, 2.45) is 0 Å². The number of hydrogen-bond donors (Lipinski definition) is 0. The Morgan fingerprint density at radius 3 is 2.04 bits per heavy atom. The molecule has 1 aliphatic carbocycles. The van der Waals surface area contributed by atoms with E-state index in [2.05, 4.69) is 158 Å². The Morgan fingerprint density at radius 1 is 0.426 bits per heavy atom. The summed E-state index contributed by atoms with van der Waals surface area (Å²) in [5, 5.41) is 9.63. The van der Waals surface area contributed by atoms with Gasteiger partial charge in [-0.15, -0.1) is 0 Å². The third-order valence-electron chi connectivity index (χ3n) is 10.4. The van der Waals surface area contributed by atoms with E-state index in [0.29, 0.717) is 0 Å². The Hall–Kier alpha value is -5.86. The van der Waals surface area contributed by atoms with Crippen molar-refractivity contribution in [3.8, 4) is 11.1 Å². The average Bonchev–Trinajstić information content (AvgIpc) is 3.58. The highest BCUT2D eigenvalue weighted by Gasteiger charge is 2.35. The van der Waals surface area contributed by atoms with Gasteiger partial charge in [-0.1, -0.05) is 117 Å². The fourth-order valence-electron chi connectivity index (χ4n) is 8.09. The standard InChI is InChI=1S/C45H31NO/c1-45(2)40-15-7-5-13-35(40)38-26-32(21-23-41(38)45)46(42-16-9-11-28-10-3-4-12-34(28)42)31-20-22-33-29(24-31)18-19-30-25-44-39(27-37(30)33)36-14-6-8-17-43(36)47-44/h3-27H,1-2H3. The van der Waals surface area contributed by atoms with Gasteiger partial charge < -0.3 is 9.32 Å². The number of fused-ring (bicyclic) bond motifs is 10. The van der Waals surface area contributed by atoms with Gasteiger partial charge in [-0.3, -0.25) is 0 Å². The summed E-state index contributed by atoms with van der Waals surface area (Å²) in [7, 11) is 0. The van der Waals surface area contributed by atoms with Gasteiger partial charge in [0, 0.05) is 32.9 Å². The van der Waals surface area contributed by atoms with Crippen molar-refractivity contribution in [2.75, 3.05) is 4.90 Å². The first-order chi connectivity index (χ1) is 23.0. The molecule has 2 nitrogen and oxygen atoms in total. The predicted molar refractivity (Wildman–Crippen MR) is 198 cm³/mol. The summed E-state index contributed by atoms with van der Waals surface area (Å²) < 4.78 is 6.22. The van der Waals surface area contributed by atoms with E-state index in [1.54, 1.807) is 0 Å². The number of benzene rings is 8. The second kappa shape index (κ2) is 9.57. The molecular weight excluding hydrogens is 571 g/mol. The van der Waals surface area contributed by atoms with Crippen molar-refractivity contribution >= 4 is 71.3 Å². The summed E-state index contributed by atoms with van der Waals surface area (Å²) in [5.74, 6) is 0. The molecule has 0 bridgehead atoms. The molecule has 47 heavy (non-hydrogen) atoms. The van der Waals surface area contributed by atoms with Gasteiger partial charge in [0.2, 0.25) is 0 Å². The quantitative estimate of drug-likeness (QED) is 0.187. The molecule has 8 aromatic carbocycles. The maximum absolute atomic E-state index is 6.22. The van der Waals surface area contributed by atoms with Gasteiger partial charge in [0.15, 0.2) is 0 Å². The van der Waals surface area contributed by atoms with E-state index in [1.165, 1.54) is 60.3 Å². The SMILES string of the molecule is CC1(C)c2ccccc2-c2cc(N(c3ccc4c(ccc5cc6oc7ccccc7c6cc54)c3)c3cccc4ccccc34)ccc21. The average molecular weight is 602 g/mol. The molecule has 0 amide bonds. The van der Waals surface area contributed by atoms with Crippen LogP contribution in [0.2, 0.25) is 0 Å². The number of hydrogen-bond acceptors (Lipinski definition) is 2. The van der Waals surface area contributed by atoms with Crippen LogP contribution in [0.4, 0.5) is 17.1 Å². The van der Waals surface area contributed by atoms with Crippen molar-refractivity contribution in [2.45, 2.75) is 19.3 Å². The molecule has 0 saturated heterocycles. The van der Waals surface area contributed by atoms with Crippen molar-refractivity contribution in [1.82, 2.24) is 0 Å². The van der Waals surface area contributed by atoms with E-state index >= 15 is 0 Å². The van der Waals surface area contributed by atoms with Gasteiger partial charge in [0.1, 0.15) is 11.2 Å². The molecule has 2 heteroatoms. The van der Waals surface area contributed by atoms with E-state index in [1.807, 2.05) is 12.1 Å². The molecule has 0 radical (unpaired) electrons. The van der Waals surface area contributed by atoms with Crippen LogP contribution in [0.15, 0.2) is 156 Å².